The lowest BCUT2D eigenvalue weighted by molar-refractivity contribution is 0.363. The molecule has 0 atom stereocenters. The Morgan fingerprint density at radius 3 is 2.28 bits per heavy atom. The van der Waals surface area contributed by atoms with Gasteiger partial charge < -0.3 is 9.47 Å². The van der Waals surface area contributed by atoms with Crippen LogP contribution in [0, 0.1) is 0 Å². The summed E-state index contributed by atoms with van der Waals surface area (Å²) in [6.07, 6.45) is 2.04. The standard InChI is InChI=1S/C25H26ClNO2/c1-25(2,3)19-12-10-18(11-13-19)21(16-17-29-20-8-6-5-7-9-20)23-15-14-22(26)24(27-23)28-4/h5-16H,17H2,1-4H3/b21-16-. The van der Waals surface area contributed by atoms with E-state index in [2.05, 4.69) is 50.0 Å². The number of methoxy groups -OCH3 is 1. The molecule has 0 N–H and O–H groups in total. The molecule has 0 bridgehead atoms. The summed E-state index contributed by atoms with van der Waals surface area (Å²) in [6, 6.07) is 22.0. The number of ether oxygens (including phenoxy) is 2. The van der Waals surface area contributed by atoms with Gasteiger partial charge in [0.1, 0.15) is 17.4 Å². The van der Waals surface area contributed by atoms with E-state index >= 15 is 0 Å². The molecule has 0 spiro atoms. The first kappa shape index (κ1) is 20.9. The summed E-state index contributed by atoms with van der Waals surface area (Å²) < 4.78 is 11.2. The summed E-state index contributed by atoms with van der Waals surface area (Å²) in [4.78, 5) is 4.59. The highest BCUT2D eigenvalue weighted by Crippen LogP contribution is 2.30. The van der Waals surface area contributed by atoms with Crippen LogP contribution in [0.5, 0.6) is 11.6 Å². The van der Waals surface area contributed by atoms with Crippen LogP contribution in [0.1, 0.15) is 37.6 Å². The number of hydrogen-bond acceptors (Lipinski definition) is 3. The van der Waals surface area contributed by atoms with E-state index in [1.807, 2.05) is 42.5 Å². The molecule has 0 saturated carbocycles. The van der Waals surface area contributed by atoms with Crippen LogP contribution in [-0.2, 0) is 5.41 Å². The second kappa shape index (κ2) is 9.15. The SMILES string of the molecule is COc1nc(/C(=C\COc2ccccc2)c2ccc(C(C)(C)C)cc2)ccc1Cl. The summed E-state index contributed by atoms with van der Waals surface area (Å²) >= 11 is 6.17. The molecule has 0 amide bonds. The normalized spacial score (nSPS) is 12.0. The molecule has 4 heteroatoms. The lowest BCUT2D eigenvalue weighted by atomic mass is 9.86. The maximum Gasteiger partial charge on any atom is 0.232 e. The number of halogens is 1. The second-order valence-corrected chi connectivity index (χ2v) is 8.16. The van der Waals surface area contributed by atoms with E-state index in [1.54, 1.807) is 13.2 Å². The van der Waals surface area contributed by atoms with E-state index in [0.717, 1.165) is 22.6 Å². The van der Waals surface area contributed by atoms with Crippen LogP contribution in [0.3, 0.4) is 0 Å². The van der Waals surface area contributed by atoms with Crippen LogP contribution in [0.4, 0.5) is 0 Å². The molecular formula is C25H26ClNO2. The number of aromatic nitrogens is 1. The topological polar surface area (TPSA) is 31.4 Å². The Hall–Kier alpha value is -2.78. The number of pyridine rings is 1. The summed E-state index contributed by atoms with van der Waals surface area (Å²) in [5.74, 6) is 1.23. The molecule has 1 heterocycles. The van der Waals surface area contributed by atoms with Gasteiger partial charge in [0.2, 0.25) is 5.88 Å². The quantitative estimate of drug-likeness (QED) is 0.464. The van der Waals surface area contributed by atoms with Crippen LogP contribution in [0.2, 0.25) is 5.02 Å². The first-order chi connectivity index (χ1) is 13.9. The van der Waals surface area contributed by atoms with Crippen LogP contribution in [-0.4, -0.2) is 18.7 Å². The van der Waals surface area contributed by atoms with Crippen molar-refractivity contribution in [1.29, 1.82) is 0 Å². The summed E-state index contributed by atoms with van der Waals surface area (Å²) in [5, 5.41) is 0.485. The van der Waals surface area contributed by atoms with Crippen molar-refractivity contribution in [1.82, 2.24) is 4.98 Å². The minimum absolute atomic E-state index is 0.0978. The van der Waals surface area contributed by atoms with Crippen molar-refractivity contribution in [2.24, 2.45) is 0 Å². The van der Waals surface area contributed by atoms with Crippen molar-refractivity contribution in [3.63, 3.8) is 0 Å². The third kappa shape index (κ3) is 5.39. The van der Waals surface area contributed by atoms with Gasteiger partial charge in [-0.1, -0.05) is 74.8 Å². The van der Waals surface area contributed by atoms with Crippen LogP contribution < -0.4 is 9.47 Å². The summed E-state index contributed by atoms with van der Waals surface area (Å²) in [7, 11) is 1.57. The molecule has 0 radical (unpaired) electrons. The number of para-hydroxylation sites is 1. The number of benzene rings is 2. The Labute approximate surface area is 178 Å². The zero-order chi connectivity index (χ0) is 20.9. The van der Waals surface area contributed by atoms with Crippen molar-refractivity contribution in [3.8, 4) is 11.6 Å². The first-order valence-corrected chi connectivity index (χ1v) is 9.96. The van der Waals surface area contributed by atoms with E-state index in [4.69, 9.17) is 21.1 Å². The van der Waals surface area contributed by atoms with Gasteiger partial charge in [0.15, 0.2) is 0 Å². The molecule has 0 aliphatic rings. The number of hydrogen-bond donors (Lipinski definition) is 0. The predicted octanol–water partition coefficient (Wildman–Crippen LogP) is 6.55. The van der Waals surface area contributed by atoms with Crippen molar-refractivity contribution in [3.05, 3.63) is 94.6 Å². The Morgan fingerprint density at radius 2 is 1.66 bits per heavy atom. The van der Waals surface area contributed by atoms with Crippen molar-refractivity contribution in [2.75, 3.05) is 13.7 Å². The molecule has 0 aliphatic heterocycles. The molecule has 0 fully saturated rings. The second-order valence-electron chi connectivity index (χ2n) is 7.76. The van der Waals surface area contributed by atoms with Gasteiger partial charge in [-0.05, 0) is 46.9 Å². The maximum absolute atomic E-state index is 6.17. The van der Waals surface area contributed by atoms with Crippen LogP contribution in [0.25, 0.3) is 5.57 Å². The van der Waals surface area contributed by atoms with Gasteiger partial charge in [-0.25, -0.2) is 4.98 Å². The monoisotopic (exact) mass is 407 g/mol. The van der Waals surface area contributed by atoms with E-state index in [0.29, 0.717) is 17.5 Å². The van der Waals surface area contributed by atoms with Crippen molar-refractivity contribution >= 4 is 17.2 Å². The summed E-state index contributed by atoms with van der Waals surface area (Å²) in [6.45, 7) is 7.04. The van der Waals surface area contributed by atoms with Gasteiger partial charge in [0.05, 0.1) is 12.8 Å². The Morgan fingerprint density at radius 1 is 0.966 bits per heavy atom. The fourth-order valence-electron chi connectivity index (χ4n) is 2.97. The molecule has 3 nitrogen and oxygen atoms in total. The zero-order valence-electron chi connectivity index (χ0n) is 17.3. The first-order valence-electron chi connectivity index (χ1n) is 9.58. The molecule has 3 rings (SSSR count). The minimum atomic E-state index is 0.0978. The fraction of sp³-hybridized carbons (Fsp3) is 0.240. The van der Waals surface area contributed by atoms with Gasteiger partial charge in [-0.15, -0.1) is 0 Å². The third-order valence-corrected chi connectivity index (χ3v) is 4.91. The Balaban J connectivity index is 1.96. The van der Waals surface area contributed by atoms with Gasteiger partial charge in [0.25, 0.3) is 0 Å². The van der Waals surface area contributed by atoms with E-state index < -0.39 is 0 Å². The highest BCUT2D eigenvalue weighted by molar-refractivity contribution is 6.31. The Bertz CT molecular complexity index is 974. The van der Waals surface area contributed by atoms with Crippen LogP contribution >= 0.6 is 11.6 Å². The summed E-state index contributed by atoms with van der Waals surface area (Å²) in [5.41, 5.74) is 4.19. The molecule has 29 heavy (non-hydrogen) atoms. The Kier molecular flexibility index (Phi) is 6.60. The predicted molar refractivity (Wildman–Crippen MR) is 120 cm³/mol. The average molecular weight is 408 g/mol. The van der Waals surface area contributed by atoms with Crippen molar-refractivity contribution in [2.45, 2.75) is 26.2 Å². The van der Waals surface area contributed by atoms with Gasteiger partial charge in [-0.3, -0.25) is 0 Å². The van der Waals surface area contributed by atoms with Gasteiger partial charge in [-0.2, -0.15) is 0 Å². The highest BCUT2D eigenvalue weighted by atomic mass is 35.5. The molecule has 0 saturated heterocycles. The molecule has 0 unspecified atom stereocenters. The molecule has 3 aromatic rings. The van der Waals surface area contributed by atoms with Gasteiger partial charge >= 0.3 is 0 Å². The highest BCUT2D eigenvalue weighted by Gasteiger charge is 2.15. The van der Waals surface area contributed by atoms with Crippen molar-refractivity contribution < 1.29 is 9.47 Å². The number of rotatable bonds is 6. The number of nitrogens with zero attached hydrogens (tertiary/aromatic N) is 1. The largest absolute Gasteiger partial charge is 0.490 e. The lowest BCUT2D eigenvalue weighted by Crippen LogP contribution is -2.10. The van der Waals surface area contributed by atoms with E-state index in [-0.39, 0.29) is 5.41 Å². The van der Waals surface area contributed by atoms with E-state index in [9.17, 15) is 0 Å². The fourth-order valence-corrected chi connectivity index (χ4v) is 3.16. The lowest BCUT2D eigenvalue weighted by Gasteiger charge is -2.19. The molecular weight excluding hydrogens is 382 g/mol. The zero-order valence-corrected chi connectivity index (χ0v) is 18.0. The maximum atomic E-state index is 6.17. The van der Waals surface area contributed by atoms with E-state index in [1.165, 1.54) is 5.56 Å². The van der Waals surface area contributed by atoms with Gasteiger partial charge in [0, 0.05) is 5.57 Å². The molecule has 0 aliphatic carbocycles. The average Bonchev–Trinajstić information content (AvgIpc) is 2.72. The molecule has 2 aromatic carbocycles. The third-order valence-electron chi connectivity index (χ3n) is 4.63. The minimum Gasteiger partial charge on any atom is -0.490 e. The smallest absolute Gasteiger partial charge is 0.232 e. The molecule has 150 valence electrons. The molecule has 1 aromatic heterocycles. The van der Waals surface area contributed by atoms with Crippen LogP contribution in [0.15, 0.2) is 72.8 Å².